The van der Waals surface area contributed by atoms with E-state index in [0.29, 0.717) is 11.6 Å². The fraction of sp³-hybridized carbons (Fsp3) is 0.389. The number of rotatable bonds is 2. The molecular weight excluding hydrogens is 373 g/mol. The molecule has 1 saturated heterocycles. The van der Waals surface area contributed by atoms with Gasteiger partial charge in [0.15, 0.2) is 0 Å². The molecule has 3 N–H and O–H groups in total. The third-order valence-corrected chi connectivity index (χ3v) is 4.93. The first kappa shape index (κ1) is 18.5. The molecule has 0 atom stereocenters. The second kappa shape index (κ2) is 6.93. The standard InChI is InChI=1S/C18H19F3N6O/c1-27-6-4-11(5-7-27)23-17-22-9-12-15(26-17)24-13-3-2-10(18(19,20)21)8-14(13)25-16(12)28/h2-3,8-9,11H,4-7H2,1H3,(H,25,28)(H2,22,23,24,26). The number of benzene rings is 1. The molecule has 148 valence electrons. The minimum Gasteiger partial charge on any atom is -0.351 e. The molecule has 0 bridgehead atoms. The van der Waals surface area contributed by atoms with Gasteiger partial charge in [-0.2, -0.15) is 18.2 Å². The maximum absolute atomic E-state index is 13.0. The van der Waals surface area contributed by atoms with Crippen molar-refractivity contribution in [3.8, 4) is 0 Å². The van der Waals surface area contributed by atoms with Crippen LogP contribution in [0, 0.1) is 0 Å². The first-order valence-electron chi connectivity index (χ1n) is 8.91. The van der Waals surface area contributed by atoms with Crippen molar-refractivity contribution < 1.29 is 18.0 Å². The number of hydrogen-bond acceptors (Lipinski definition) is 6. The summed E-state index contributed by atoms with van der Waals surface area (Å²) < 4.78 is 38.9. The second-order valence-electron chi connectivity index (χ2n) is 7.02. The molecule has 0 radical (unpaired) electrons. The molecule has 0 spiro atoms. The number of nitrogens with zero attached hydrogens (tertiary/aromatic N) is 3. The Balaban J connectivity index is 1.60. The van der Waals surface area contributed by atoms with E-state index in [2.05, 4.69) is 37.9 Å². The van der Waals surface area contributed by atoms with Gasteiger partial charge in [0.2, 0.25) is 5.95 Å². The predicted molar refractivity (Wildman–Crippen MR) is 98.9 cm³/mol. The number of likely N-dealkylation sites (tertiary alicyclic amines) is 1. The number of amides is 1. The Morgan fingerprint density at radius 3 is 2.64 bits per heavy atom. The molecule has 1 fully saturated rings. The van der Waals surface area contributed by atoms with Crippen molar-refractivity contribution in [1.82, 2.24) is 14.9 Å². The summed E-state index contributed by atoms with van der Waals surface area (Å²) in [5.74, 6) is 0.0665. The van der Waals surface area contributed by atoms with Crippen molar-refractivity contribution in [3.63, 3.8) is 0 Å². The van der Waals surface area contributed by atoms with E-state index in [1.807, 2.05) is 0 Å². The summed E-state index contributed by atoms with van der Waals surface area (Å²) >= 11 is 0. The number of aromatic nitrogens is 2. The van der Waals surface area contributed by atoms with E-state index in [9.17, 15) is 18.0 Å². The van der Waals surface area contributed by atoms with E-state index in [0.717, 1.165) is 38.1 Å². The minimum absolute atomic E-state index is 0.0441. The van der Waals surface area contributed by atoms with Crippen molar-refractivity contribution in [2.75, 3.05) is 36.1 Å². The van der Waals surface area contributed by atoms with Gasteiger partial charge in [0.25, 0.3) is 5.91 Å². The Kier molecular flexibility index (Phi) is 4.58. The van der Waals surface area contributed by atoms with Gasteiger partial charge in [-0.05, 0) is 51.2 Å². The van der Waals surface area contributed by atoms with Gasteiger partial charge in [-0.3, -0.25) is 4.79 Å². The van der Waals surface area contributed by atoms with Crippen LogP contribution in [-0.2, 0) is 6.18 Å². The highest BCUT2D eigenvalue weighted by Crippen LogP contribution is 2.37. The Hall–Kier alpha value is -2.88. The van der Waals surface area contributed by atoms with E-state index >= 15 is 0 Å². The Bertz CT molecular complexity index is 909. The number of piperidine rings is 1. The molecule has 4 rings (SSSR count). The van der Waals surface area contributed by atoms with Crippen LogP contribution >= 0.6 is 0 Å². The number of nitrogens with one attached hydrogen (secondary N) is 3. The first-order valence-corrected chi connectivity index (χ1v) is 8.91. The van der Waals surface area contributed by atoms with Gasteiger partial charge in [0.05, 0.1) is 16.9 Å². The van der Waals surface area contributed by atoms with Crippen LogP contribution in [0.1, 0.15) is 28.8 Å². The summed E-state index contributed by atoms with van der Waals surface area (Å²) in [6.07, 6.45) is -1.22. The van der Waals surface area contributed by atoms with Gasteiger partial charge in [-0.25, -0.2) is 4.98 Å². The van der Waals surface area contributed by atoms with Crippen LogP contribution in [0.2, 0.25) is 0 Å². The normalized spacial score (nSPS) is 17.8. The van der Waals surface area contributed by atoms with Gasteiger partial charge in [-0.15, -0.1) is 0 Å². The Morgan fingerprint density at radius 2 is 1.93 bits per heavy atom. The number of halogens is 3. The van der Waals surface area contributed by atoms with Crippen LogP contribution in [0.25, 0.3) is 0 Å². The van der Waals surface area contributed by atoms with E-state index in [1.165, 1.54) is 12.3 Å². The Morgan fingerprint density at radius 1 is 1.18 bits per heavy atom. The summed E-state index contributed by atoms with van der Waals surface area (Å²) in [4.78, 5) is 23.2. The number of hydrogen-bond donors (Lipinski definition) is 3. The predicted octanol–water partition coefficient (Wildman–Crippen LogP) is 3.31. The average Bonchev–Trinajstić information content (AvgIpc) is 2.77. The number of alkyl halides is 3. The summed E-state index contributed by atoms with van der Waals surface area (Å²) in [5, 5.41) is 8.71. The largest absolute Gasteiger partial charge is 0.416 e. The van der Waals surface area contributed by atoms with E-state index in [4.69, 9.17) is 0 Å². The molecule has 0 saturated carbocycles. The zero-order valence-electron chi connectivity index (χ0n) is 15.1. The highest BCUT2D eigenvalue weighted by atomic mass is 19.4. The van der Waals surface area contributed by atoms with E-state index in [1.54, 1.807) is 0 Å². The third kappa shape index (κ3) is 3.72. The van der Waals surface area contributed by atoms with Crippen LogP contribution in [0.15, 0.2) is 24.4 Å². The molecule has 0 aliphatic carbocycles. The van der Waals surface area contributed by atoms with Crippen LogP contribution in [-0.4, -0.2) is 47.0 Å². The third-order valence-electron chi connectivity index (χ3n) is 4.93. The maximum Gasteiger partial charge on any atom is 0.416 e. The van der Waals surface area contributed by atoms with Gasteiger partial charge >= 0.3 is 6.18 Å². The van der Waals surface area contributed by atoms with Crippen molar-refractivity contribution in [1.29, 1.82) is 0 Å². The fourth-order valence-electron chi connectivity index (χ4n) is 3.30. The van der Waals surface area contributed by atoms with Crippen LogP contribution < -0.4 is 16.0 Å². The minimum atomic E-state index is -4.50. The van der Waals surface area contributed by atoms with Gasteiger partial charge in [0, 0.05) is 12.2 Å². The zero-order valence-corrected chi connectivity index (χ0v) is 15.1. The molecule has 3 heterocycles. The van der Waals surface area contributed by atoms with Crippen LogP contribution in [0.3, 0.4) is 0 Å². The summed E-state index contributed by atoms with van der Waals surface area (Å²) in [7, 11) is 2.07. The SMILES string of the molecule is CN1CCC(Nc2ncc3c(n2)Nc2ccc(C(F)(F)F)cc2NC3=O)CC1. The Labute approximate surface area is 159 Å². The number of carbonyl (C=O) groups excluding carboxylic acids is 1. The lowest BCUT2D eigenvalue weighted by atomic mass is 10.1. The summed E-state index contributed by atoms with van der Waals surface area (Å²) in [6, 6.07) is 3.37. The molecule has 2 aliphatic heterocycles. The fourth-order valence-corrected chi connectivity index (χ4v) is 3.30. The lowest BCUT2D eigenvalue weighted by Gasteiger charge is -2.29. The topological polar surface area (TPSA) is 82.2 Å². The molecule has 0 unspecified atom stereocenters. The molecule has 7 nitrogen and oxygen atoms in total. The number of carbonyl (C=O) groups is 1. The molecular formula is C18H19F3N6O. The highest BCUT2D eigenvalue weighted by Gasteiger charge is 2.32. The van der Waals surface area contributed by atoms with Crippen molar-refractivity contribution in [3.05, 3.63) is 35.5 Å². The molecule has 2 aromatic rings. The highest BCUT2D eigenvalue weighted by molar-refractivity contribution is 6.11. The van der Waals surface area contributed by atoms with Crippen molar-refractivity contribution in [2.45, 2.75) is 25.1 Å². The van der Waals surface area contributed by atoms with Gasteiger partial charge in [-0.1, -0.05) is 0 Å². The van der Waals surface area contributed by atoms with Crippen molar-refractivity contribution in [2.24, 2.45) is 0 Å². The number of anilines is 4. The molecule has 1 aromatic heterocycles. The van der Waals surface area contributed by atoms with Crippen LogP contribution in [0.4, 0.5) is 36.3 Å². The smallest absolute Gasteiger partial charge is 0.351 e. The van der Waals surface area contributed by atoms with Gasteiger partial charge in [0.1, 0.15) is 11.4 Å². The summed E-state index contributed by atoms with van der Waals surface area (Å²) in [5.41, 5.74) is -0.291. The molecule has 1 amide bonds. The average molecular weight is 392 g/mol. The molecule has 28 heavy (non-hydrogen) atoms. The summed E-state index contributed by atoms with van der Waals surface area (Å²) in [6.45, 7) is 1.94. The van der Waals surface area contributed by atoms with Crippen LogP contribution in [0.5, 0.6) is 0 Å². The van der Waals surface area contributed by atoms with E-state index in [-0.39, 0.29) is 23.1 Å². The maximum atomic E-state index is 13.0. The molecule has 2 aliphatic rings. The second-order valence-corrected chi connectivity index (χ2v) is 7.02. The molecule has 1 aromatic carbocycles. The first-order chi connectivity index (χ1) is 13.3. The van der Waals surface area contributed by atoms with E-state index < -0.39 is 17.6 Å². The lowest BCUT2D eigenvalue weighted by molar-refractivity contribution is -0.137. The monoisotopic (exact) mass is 392 g/mol. The molecule has 10 heteroatoms. The van der Waals surface area contributed by atoms with Gasteiger partial charge < -0.3 is 20.9 Å². The lowest BCUT2D eigenvalue weighted by Crippen LogP contribution is -2.37. The number of fused-ring (bicyclic) bond motifs is 2. The zero-order chi connectivity index (χ0) is 19.9. The van der Waals surface area contributed by atoms with Crippen molar-refractivity contribution >= 4 is 29.0 Å². The quantitative estimate of drug-likeness (QED) is 0.728.